The van der Waals surface area contributed by atoms with Crippen LogP contribution in [0.4, 0.5) is 4.39 Å². The maximum Gasteiger partial charge on any atom is 0.174 e. The Morgan fingerprint density at radius 3 is 2.30 bits per heavy atom. The lowest BCUT2D eigenvalue weighted by Gasteiger charge is -2.32. The summed E-state index contributed by atoms with van der Waals surface area (Å²) in [6, 6.07) is 19.8. The summed E-state index contributed by atoms with van der Waals surface area (Å²) in [5.41, 5.74) is 1.75. The van der Waals surface area contributed by atoms with Gasteiger partial charge in [-0.05, 0) is 35.9 Å². The number of methoxy groups -OCH3 is 2. The lowest BCUT2D eigenvalue weighted by Crippen LogP contribution is -2.29. The molecule has 0 aromatic heterocycles. The van der Waals surface area contributed by atoms with Crippen LogP contribution in [0.5, 0.6) is 17.2 Å². The second-order valence-electron chi connectivity index (χ2n) is 7.58. The number of para-hydroxylation sites is 1. The molecule has 1 aliphatic carbocycles. The molecule has 30 heavy (non-hydrogen) atoms. The third-order valence-corrected chi connectivity index (χ3v) is 7.17. The Balaban J connectivity index is 1.70. The molecule has 0 bridgehead atoms. The first-order chi connectivity index (χ1) is 14.4. The molecule has 1 aliphatic heterocycles. The van der Waals surface area contributed by atoms with Gasteiger partial charge in [0, 0.05) is 17.0 Å². The van der Waals surface area contributed by atoms with Crippen molar-refractivity contribution < 1.29 is 18.6 Å². The van der Waals surface area contributed by atoms with E-state index in [0.717, 1.165) is 16.7 Å². The molecule has 154 valence electrons. The summed E-state index contributed by atoms with van der Waals surface area (Å²) in [4.78, 5) is 0. The average molecular weight is 445 g/mol. The Labute approximate surface area is 184 Å². The van der Waals surface area contributed by atoms with Crippen molar-refractivity contribution in [1.82, 2.24) is 0 Å². The van der Waals surface area contributed by atoms with Crippen molar-refractivity contribution in [1.29, 1.82) is 0 Å². The highest BCUT2D eigenvalue weighted by Crippen LogP contribution is 2.77. The van der Waals surface area contributed by atoms with Gasteiger partial charge in [-0.15, -0.1) is 0 Å². The normalized spacial score (nSPS) is 25.5. The van der Waals surface area contributed by atoms with Gasteiger partial charge in [0.25, 0.3) is 0 Å². The maximum atomic E-state index is 13.6. The largest absolute Gasteiger partial charge is 0.493 e. The number of fused-ring (bicyclic) bond motifs is 2. The average Bonchev–Trinajstić information content (AvgIpc) is 3.27. The van der Waals surface area contributed by atoms with Crippen molar-refractivity contribution in [2.45, 2.75) is 15.9 Å². The zero-order valence-electron chi connectivity index (χ0n) is 16.4. The van der Waals surface area contributed by atoms with Crippen molar-refractivity contribution in [3.05, 3.63) is 89.2 Å². The van der Waals surface area contributed by atoms with Crippen LogP contribution in [-0.4, -0.2) is 18.6 Å². The molecule has 3 aromatic rings. The van der Waals surface area contributed by atoms with Gasteiger partial charge >= 0.3 is 0 Å². The number of rotatable bonds is 4. The van der Waals surface area contributed by atoms with E-state index in [9.17, 15) is 4.39 Å². The Hall–Kier alpha value is -2.43. The third kappa shape index (κ3) is 2.57. The molecule has 0 saturated heterocycles. The van der Waals surface area contributed by atoms with Crippen molar-refractivity contribution >= 4 is 23.2 Å². The van der Waals surface area contributed by atoms with Gasteiger partial charge in [-0.3, -0.25) is 0 Å². The van der Waals surface area contributed by atoms with Crippen molar-refractivity contribution in [3.8, 4) is 17.2 Å². The fourth-order valence-electron chi connectivity index (χ4n) is 4.71. The summed E-state index contributed by atoms with van der Waals surface area (Å²) in [5, 5.41) is 0. The predicted octanol–water partition coefficient (Wildman–Crippen LogP) is 6.07. The molecule has 2 aliphatic rings. The molecule has 0 unspecified atom stereocenters. The zero-order chi connectivity index (χ0) is 21.1. The molecule has 3 aromatic carbocycles. The van der Waals surface area contributed by atoms with Crippen LogP contribution in [-0.2, 0) is 5.60 Å². The van der Waals surface area contributed by atoms with Gasteiger partial charge in [-0.2, -0.15) is 0 Å². The minimum atomic E-state index is -1.19. The molecule has 5 rings (SSSR count). The molecule has 0 radical (unpaired) electrons. The lowest BCUT2D eigenvalue weighted by molar-refractivity contribution is 0.137. The molecule has 0 N–H and O–H groups in total. The number of hydrogen-bond acceptors (Lipinski definition) is 3. The molecule has 6 heteroatoms. The van der Waals surface area contributed by atoms with Gasteiger partial charge in [0.05, 0.1) is 20.1 Å². The Morgan fingerprint density at radius 2 is 1.60 bits per heavy atom. The van der Waals surface area contributed by atoms with E-state index in [-0.39, 0.29) is 17.7 Å². The van der Waals surface area contributed by atoms with Crippen LogP contribution in [0.15, 0.2) is 66.7 Å². The smallest absolute Gasteiger partial charge is 0.174 e. The topological polar surface area (TPSA) is 27.7 Å². The van der Waals surface area contributed by atoms with Gasteiger partial charge < -0.3 is 14.2 Å². The van der Waals surface area contributed by atoms with Gasteiger partial charge in [0.2, 0.25) is 0 Å². The van der Waals surface area contributed by atoms with E-state index in [1.54, 1.807) is 26.4 Å². The van der Waals surface area contributed by atoms with Crippen LogP contribution in [0.3, 0.4) is 0 Å². The van der Waals surface area contributed by atoms with Crippen LogP contribution < -0.4 is 14.2 Å². The van der Waals surface area contributed by atoms with Crippen LogP contribution in [0, 0.1) is 11.7 Å². The van der Waals surface area contributed by atoms with Crippen LogP contribution in [0.25, 0.3) is 0 Å². The van der Waals surface area contributed by atoms with Crippen LogP contribution in [0.2, 0.25) is 0 Å². The molecule has 0 spiro atoms. The molecule has 1 saturated carbocycles. The van der Waals surface area contributed by atoms with Crippen LogP contribution >= 0.6 is 23.2 Å². The van der Waals surface area contributed by atoms with E-state index in [1.165, 1.54) is 12.1 Å². The maximum absolute atomic E-state index is 13.6. The highest BCUT2D eigenvalue weighted by atomic mass is 35.5. The molecule has 1 heterocycles. The van der Waals surface area contributed by atoms with Gasteiger partial charge in [0.15, 0.2) is 21.4 Å². The fraction of sp³-hybridized carbons (Fsp3) is 0.250. The number of hydrogen-bond donors (Lipinski definition) is 0. The summed E-state index contributed by atoms with van der Waals surface area (Å²) >= 11 is 13.9. The second-order valence-corrected chi connectivity index (χ2v) is 8.96. The zero-order valence-corrected chi connectivity index (χ0v) is 17.9. The summed E-state index contributed by atoms with van der Waals surface area (Å²) in [5.74, 6) is 1.17. The summed E-state index contributed by atoms with van der Waals surface area (Å²) in [6.45, 7) is 0. The van der Waals surface area contributed by atoms with E-state index in [0.29, 0.717) is 17.2 Å². The minimum Gasteiger partial charge on any atom is -0.493 e. The summed E-state index contributed by atoms with van der Waals surface area (Å²) in [6.07, 6.45) is 0. The molecule has 3 atom stereocenters. The first-order valence-electron chi connectivity index (χ1n) is 9.57. The SMILES string of the molecule is COc1ccc([C@@]23Oc4ccccc4[C@@H](c4ccc(F)cc4)[C@@H]2C3(Cl)Cl)cc1OC. The minimum absolute atomic E-state index is 0.154. The number of alkyl halides is 2. The first-order valence-corrected chi connectivity index (χ1v) is 10.3. The van der Waals surface area contributed by atoms with E-state index < -0.39 is 9.93 Å². The standard InChI is InChI=1S/C24H19Cl2FO3/c1-28-19-12-9-15(13-20(19)29-2)23-22(24(23,25)26)21(14-7-10-16(27)11-8-14)17-5-3-4-6-18(17)30-23/h3-13,21-22H,1-2H3/t21-,22+,23-/m1/s1. The van der Waals surface area contributed by atoms with Gasteiger partial charge in [0.1, 0.15) is 11.6 Å². The molecule has 3 nitrogen and oxygen atoms in total. The van der Waals surface area contributed by atoms with Crippen molar-refractivity contribution in [2.24, 2.45) is 5.92 Å². The quantitative estimate of drug-likeness (QED) is 0.457. The number of ether oxygens (including phenoxy) is 3. The monoisotopic (exact) mass is 444 g/mol. The Morgan fingerprint density at radius 1 is 0.900 bits per heavy atom. The Bertz CT molecular complexity index is 1120. The third-order valence-electron chi connectivity index (χ3n) is 6.14. The van der Waals surface area contributed by atoms with Crippen molar-refractivity contribution in [3.63, 3.8) is 0 Å². The fourth-order valence-corrected chi connectivity index (χ4v) is 5.69. The summed E-state index contributed by atoms with van der Waals surface area (Å²) < 4.78 is 29.8. The van der Waals surface area contributed by atoms with Crippen LogP contribution in [0.1, 0.15) is 22.6 Å². The highest BCUT2D eigenvalue weighted by Gasteiger charge is 2.83. The lowest BCUT2D eigenvalue weighted by atomic mass is 9.82. The molecule has 0 amide bonds. The molecular weight excluding hydrogens is 426 g/mol. The van der Waals surface area contributed by atoms with E-state index in [1.807, 2.05) is 42.5 Å². The van der Waals surface area contributed by atoms with E-state index >= 15 is 0 Å². The van der Waals surface area contributed by atoms with E-state index in [2.05, 4.69) is 0 Å². The Kier molecular flexibility index (Phi) is 4.42. The van der Waals surface area contributed by atoms with Crippen molar-refractivity contribution in [2.75, 3.05) is 14.2 Å². The number of benzene rings is 3. The second kappa shape index (κ2) is 6.79. The first kappa shape index (κ1) is 19.5. The van der Waals surface area contributed by atoms with E-state index in [4.69, 9.17) is 37.4 Å². The molecular formula is C24H19Cl2FO3. The highest BCUT2D eigenvalue weighted by molar-refractivity contribution is 6.52. The molecule has 1 fully saturated rings. The predicted molar refractivity (Wildman–Crippen MR) is 114 cm³/mol. The van der Waals surface area contributed by atoms with Gasteiger partial charge in [-0.1, -0.05) is 59.6 Å². The summed E-state index contributed by atoms with van der Waals surface area (Å²) in [7, 11) is 3.16. The number of halogens is 3. The van der Waals surface area contributed by atoms with Gasteiger partial charge in [-0.25, -0.2) is 4.39 Å².